The molecule has 0 radical (unpaired) electrons. The van der Waals surface area contributed by atoms with Crippen molar-refractivity contribution < 1.29 is 9.59 Å². The summed E-state index contributed by atoms with van der Waals surface area (Å²) in [4.78, 5) is 27.6. The molecule has 160 valence electrons. The minimum absolute atomic E-state index is 0.127. The van der Waals surface area contributed by atoms with Gasteiger partial charge in [-0.3, -0.25) is 14.3 Å². The van der Waals surface area contributed by atoms with Crippen LogP contribution in [0.5, 0.6) is 0 Å². The monoisotopic (exact) mass is 428 g/mol. The zero-order valence-electron chi connectivity index (χ0n) is 17.4. The topological polar surface area (TPSA) is 67.2 Å². The van der Waals surface area contributed by atoms with Crippen molar-refractivity contribution in [2.75, 3.05) is 20.1 Å². The molecule has 6 nitrogen and oxygen atoms in total. The first-order chi connectivity index (χ1) is 14.5. The Labute approximate surface area is 182 Å². The summed E-state index contributed by atoms with van der Waals surface area (Å²) in [6.07, 6.45) is 10.1. The van der Waals surface area contributed by atoms with Crippen molar-refractivity contribution in [1.29, 1.82) is 0 Å². The molecule has 0 unspecified atom stereocenters. The van der Waals surface area contributed by atoms with Crippen molar-refractivity contribution in [3.8, 4) is 0 Å². The molecule has 2 heterocycles. The average molecular weight is 429 g/mol. The molecule has 1 saturated carbocycles. The summed E-state index contributed by atoms with van der Waals surface area (Å²) < 4.78 is 1.89. The highest BCUT2D eigenvalue weighted by Crippen LogP contribution is 2.43. The summed E-state index contributed by atoms with van der Waals surface area (Å²) in [5.74, 6) is 0.132. The van der Waals surface area contributed by atoms with Crippen LogP contribution in [0.3, 0.4) is 0 Å². The molecule has 0 spiro atoms. The van der Waals surface area contributed by atoms with E-state index in [1.54, 1.807) is 13.2 Å². The van der Waals surface area contributed by atoms with Crippen LogP contribution in [0.15, 0.2) is 36.7 Å². The lowest BCUT2D eigenvalue weighted by atomic mass is 9.77. The predicted molar refractivity (Wildman–Crippen MR) is 117 cm³/mol. The fraction of sp³-hybridized carbons (Fsp3) is 0.522. The Balaban J connectivity index is 1.49. The van der Waals surface area contributed by atoms with Gasteiger partial charge in [-0.25, -0.2) is 0 Å². The Kier molecular flexibility index (Phi) is 6.14. The second-order valence-electron chi connectivity index (χ2n) is 8.46. The van der Waals surface area contributed by atoms with Gasteiger partial charge in [-0.2, -0.15) is 5.10 Å². The fourth-order valence-corrected chi connectivity index (χ4v) is 5.15. The maximum absolute atomic E-state index is 13.8. The molecule has 1 atom stereocenters. The van der Waals surface area contributed by atoms with E-state index in [4.69, 9.17) is 11.6 Å². The molecule has 1 N–H and O–H groups in total. The van der Waals surface area contributed by atoms with E-state index in [1.165, 1.54) is 0 Å². The normalized spacial score (nSPS) is 21.3. The summed E-state index contributed by atoms with van der Waals surface area (Å²) in [6.45, 7) is 1.49. The van der Waals surface area contributed by atoms with E-state index in [0.29, 0.717) is 17.1 Å². The summed E-state index contributed by atoms with van der Waals surface area (Å²) in [5.41, 5.74) is 1.25. The lowest BCUT2D eigenvalue weighted by Crippen LogP contribution is -2.46. The van der Waals surface area contributed by atoms with Gasteiger partial charge in [0.15, 0.2) is 0 Å². The van der Waals surface area contributed by atoms with Gasteiger partial charge in [0.2, 0.25) is 5.91 Å². The van der Waals surface area contributed by atoms with Crippen LogP contribution in [-0.4, -0.2) is 46.6 Å². The first-order valence-electron chi connectivity index (χ1n) is 10.9. The molecule has 2 aromatic rings. The maximum Gasteiger partial charge on any atom is 0.254 e. The number of nitrogens with one attached hydrogen (secondary N) is 1. The number of benzene rings is 1. The highest BCUT2D eigenvalue weighted by atomic mass is 35.5. The number of hydrogen-bond acceptors (Lipinski definition) is 3. The van der Waals surface area contributed by atoms with Crippen molar-refractivity contribution >= 4 is 23.4 Å². The van der Waals surface area contributed by atoms with Crippen LogP contribution in [0.2, 0.25) is 5.02 Å². The molecule has 0 bridgehead atoms. The predicted octanol–water partition coefficient (Wildman–Crippen LogP) is 3.96. The van der Waals surface area contributed by atoms with Crippen molar-refractivity contribution in [2.24, 2.45) is 0 Å². The number of amides is 2. The van der Waals surface area contributed by atoms with Crippen molar-refractivity contribution in [3.63, 3.8) is 0 Å². The summed E-state index contributed by atoms with van der Waals surface area (Å²) in [6, 6.07) is 8.04. The van der Waals surface area contributed by atoms with E-state index in [2.05, 4.69) is 15.3 Å². The minimum atomic E-state index is -0.414. The lowest BCUT2D eigenvalue weighted by Gasteiger charge is -2.34. The molecule has 30 heavy (non-hydrogen) atoms. The molecule has 1 aromatic carbocycles. The number of likely N-dealkylation sites (tertiary alicyclic amines) is 1. The first-order valence-corrected chi connectivity index (χ1v) is 11.2. The number of carbonyl (C=O) groups excluding carboxylic acids is 2. The second kappa shape index (κ2) is 8.80. The molecular weight excluding hydrogens is 400 g/mol. The van der Waals surface area contributed by atoms with E-state index >= 15 is 0 Å². The Hall–Kier alpha value is -2.34. The van der Waals surface area contributed by atoms with Gasteiger partial charge in [0, 0.05) is 31.4 Å². The number of hydrogen-bond donors (Lipinski definition) is 1. The molecular formula is C23H29ClN4O2. The largest absolute Gasteiger partial charge is 0.355 e. The Morgan fingerprint density at radius 2 is 1.83 bits per heavy atom. The SMILES string of the molecule is CNC(=O)c1cnn([C@H]2CCCN(C(=O)C3(c4ccc(Cl)cc4)CCCC3)CC2)c1. The summed E-state index contributed by atoms with van der Waals surface area (Å²) in [7, 11) is 1.62. The van der Waals surface area contributed by atoms with Gasteiger partial charge in [0.1, 0.15) is 0 Å². The lowest BCUT2D eigenvalue weighted by molar-refractivity contribution is -0.137. The molecule has 1 aromatic heterocycles. The van der Waals surface area contributed by atoms with Crippen LogP contribution in [0, 0.1) is 0 Å². The zero-order valence-corrected chi connectivity index (χ0v) is 18.2. The molecule has 2 amide bonds. The Morgan fingerprint density at radius 1 is 1.10 bits per heavy atom. The number of rotatable bonds is 4. The third kappa shape index (κ3) is 3.97. The van der Waals surface area contributed by atoms with Crippen molar-refractivity contribution in [1.82, 2.24) is 20.0 Å². The highest BCUT2D eigenvalue weighted by Gasteiger charge is 2.45. The third-order valence-electron chi connectivity index (χ3n) is 6.71. The molecule has 1 aliphatic heterocycles. The van der Waals surface area contributed by atoms with Crippen LogP contribution in [-0.2, 0) is 10.2 Å². The van der Waals surface area contributed by atoms with Crippen molar-refractivity contribution in [2.45, 2.75) is 56.4 Å². The number of carbonyl (C=O) groups is 2. The molecule has 1 aliphatic carbocycles. The number of nitrogens with zero attached hydrogens (tertiary/aromatic N) is 3. The van der Waals surface area contributed by atoms with Crippen LogP contribution >= 0.6 is 11.6 Å². The Morgan fingerprint density at radius 3 is 2.53 bits per heavy atom. The first kappa shape index (κ1) is 20.9. The van der Waals surface area contributed by atoms with Crippen LogP contribution < -0.4 is 5.32 Å². The van der Waals surface area contributed by atoms with Gasteiger partial charge >= 0.3 is 0 Å². The highest BCUT2D eigenvalue weighted by molar-refractivity contribution is 6.30. The van der Waals surface area contributed by atoms with E-state index < -0.39 is 5.41 Å². The van der Waals surface area contributed by atoms with Gasteiger partial charge in [-0.1, -0.05) is 36.6 Å². The average Bonchev–Trinajstić information content (AvgIpc) is 3.39. The van der Waals surface area contributed by atoms with E-state index in [0.717, 1.165) is 57.1 Å². The van der Waals surface area contributed by atoms with Crippen LogP contribution in [0.4, 0.5) is 0 Å². The number of halogens is 1. The second-order valence-corrected chi connectivity index (χ2v) is 8.90. The zero-order chi connectivity index (χ0) is 21.1. The summed E-state index contributed by atoms with van der Waals surface area (Å²) >= 11 is 6.09. The standard InChI is InChI=1S/C23H29ClN4O2/c1-25-21(29)17-15-26-28(16-17)20-5-4-13-27(14-10-20)22(30)23(11-2-3-12-23)18-6-8-19(24)9-7-18/h6-9,15-16,20H,2-5,10-14H2,1H3,(H,25,29)/t20-/m0/s1. The van der Waals surface area contributed by atoms with Crippen molar-refractivity contribution in [3.05, 3.63) is 52.8 Å². The van der Waals surface area contributed by atoms with Gasteiger partial charge < -0.3 is 10.2 Å². The minimum Gasteiger partial charge on any atom is -0.355 e. The van der Waals surface area contributed by atoms with E-state index in [1.807, 2.05) is 35.1 Å². The van der Waals surface area contributed by atoms with E-state index in [-0.39, 0.29) is 17.9 Å². The van der Waals surface area contributed by atoms with Crippen LogP contribution in [0.1, 0.15) is 66.9 Å². The smallest absolute Gasteiger partial charge is 0.254 e. The molecule has 1 saturated heterocycles. The summed E-state index contributed by atoms with van der Waals surface area (Å²) in [5, 5.41) is 7.74. The molecule has 2 fully saturated rings. The van der Waals surface area contributed by atoms with Crippen LogP contribution in [0.25, 0.3) is 0 Å². The number of aromatic nitrogens is 2. The fourth-order valence-electron chi connectivity index (χ4n) is 5.02. The Bertz CT molecular complexity index is 902. The molecule has 2 aliphatic rings. The van der Waals surface area contributed by atoms with E-state index in [9.17, 15) is 9.59 Å². The molecule has 7 heteroatoms. The van der Waals surface area contributed by atoms with Gasteiger partial charge in [-0.15, -0.1) is 0 Å². The van der Waals surface area contributed by atoms with Gasteiger partial charge in [-0.05, 0) is 49.8 Å². The van der Waals surface area contributed by atoms with Gasteiger partial charge in [0.05, 0.1) is 23.2 Å². The molecule has 4 rings (SSSR count). The maximum atomic E-state index is 13.8. The third-order valence-corrected chi connectivity index (χ3v) is 6.96. The van der Waals surface area contributed by atoms with Gasteiger partial charge in [0.25, 0.3) is 5.91 Å². The quantitative estimate of drug-likeness (QED) is 0.801.